The number of benzene rings is 1. The number of rotatable bonds is 6. The lowest BCUT2D eigenvalue weighted by Gasteiger charge is -2.37. The van der Waals surface area contributed by atoms with Crippen LogP contribution in [0.15, 0.2) is 24.3 Å². The van der Waals surface area contributed by atoms with Crippen LogP contribution in [0.25, 0.3) is 0 Å². The Labute approximate surface area is 146 Å². The number of hydrogen-bond donors (Lipinski definition) is 1. The van der Waals surface area contributed by atoms with E-state index in [0.717, 1.165) is 43.9 Å². The van der Waals surface area contributed by atoms with E-state index in [1.165, 1.54) is 12.0 Å². The third-order valence-corrected chi connectivity index (χ3v) is 5.20. The summed E-state index contributed by atoms with van der Waals surface area (Å²) >= 11 is 6.03. The number of nitrogens with zero attached hydrogens (tertiary/aromatic N) is 1. The molecule has 0 spiro atoms. The predicted octanol–water partition coefficient (Wildman–Crippen LogP) is 4.74. The molecule has 1 fully saturated rings. The molecule has 0 saturated heterocycles. The topological polar surface area (TPSA) is 23.5 Å². The van der Waals surface area contributed by atoms with E-state index in [-0.39, 0.29) is 18.5 Å². The fraction of sp³-hybridized carbons (Fsp3) is 0.667. The minimum Gasteiger partial charge on any atom is -0.393 e. The van der Waals surface area contributed by atoms with Crippen molar-refractivity contribution >= 4 is 24.0 Å². The van der Waals surface area contributed by atoms with Crippen molar-refractivity contribution < 1.29 is 5.11 Å². The fourth-order valence-electron chi connectivity index (χ4n) is 3.57. The lowest BCUT2D eigenvalue weighted by molar-refractivity contribution is 0.0466. The van der Waals surface area contributed by atoms with Gasteiger partial charge in [-0.25, -0.2) is 0 Å². The SMILES string of the molecule is CCN(CC)CC(c1ccc(Cl)cc1)[C@H]1CCCC[C@@H]1O.Cl. The fourth-order valence-corrected chi connectivity index (χ4v) is 3.69. The van der Waals surface area contributed by atoms with Gasteiger partial charge in [0.25, 0.3) is 0 Å². The molecule has 0 amide bonds. The van der Waals surface area contributed by atoms with Gasteiger partial charge in [0.05, 0.1) is 6.10 Å². The van der Waals surface area contributed by atoms with Gasteiger partial charge in [-0.3, -0.25) is 0 Å². The Morgan fingerprint density at radius 1 is 1.14 bits per heavy atom. The van der Waals surface area contributed by atoms with Crippen LogP contribution in [0.5, 0.6) is 0 Å². The maximum atomic E-state index is 10.5. The molecular weight excluding hydrogens is 317 g/mol. The van der Waals surface area contributed by atoms with Crippen molar-refractivity contribution in [2.45, 2.75) is 51.6 Å². The highest BCUT2D eigenvalue weighted by atomic mass is 35.5. The molecule has 1 aliphatic rings. The van der Waals surface area contributed by atoms with Crippen molar-refractivity contribution in [3.63, 3.8) is 0 Å². The average molecular weight is 346 g/mol. The quantitative estimate of drug-likeness (QED) is 0.804. The van der Waals surface area contributed by atoms with Crippen molar-refractivity contribution in [2.24, 2.45) is 5.92 Å². The summed E-state index contributed by atoms with van der Waals surface area (Å²) in [5.41, 5.74) is 1.32. The van der Waals surface area contributed by atoms with Gasteiger partial charge in [0.1, 0.15) is 0 Å². The van der Waals surface area contributed by atoms with Gasteiger partial charge in [-0.15, -0.1) is 12.4 Å². The van der Waals surface area contributed by atoms with Crippen LogP contribution >= 0.6 is 24.0 Å². The zero-order valence-corrected chi connectivity index (χ0v) is 15.2. The van der Waals surface area contributed by atoms with Crippen LogP contribution < -0.4 is 0 Å². The molecule has 3 atom stereocenters. The zero-order chi connectivity index (χ0) is 15.2. The minimum absolute atomic E-state index is 0. The summed E-state index contributed by atoms with van der Waals surface area (Å²) in [4.78, 5) is 2.46. The number of hydrogen-bond acceptors (Lipinski definition) is 2. The average Bonchev–Trinajstić information content (AvgIpc) is 2.51. The standard InChI is InChI=1S/C18H28ClNO.ClH/c1-3-20(4-2)13-17(14-9-11-15(19)12-10-14)16-7-5-6-8-18(16)21;/h9-12,16-18,21H,3-8,13H2,1-2H3;1H/t16-,17?,18+;/m1./s1. The summed E-state index contributed by atoms with van der Waals surface area (Å²) in [6, 6.07) is 8.22. The van der Waals surface area contributed by atoms with Gasteiger partial charge in [-0.05, 0) is 49.5 Å². The Balaban J connectivity index is 0.00000242. The second kappa shape index (κ2) is 9.77. The molecule has 4 heteroatoms. The van der Waals surface area contributed by atoms with E-state index in [4.69, 9.17) is 11.6 Å². The largest absolute Gasteiger partial charge is 0.393 e. The first-order chi connectivity index (χ1) is 10.2. The second-order valence-corrected chi connectivity index (χ2v) is 6.60. The molecule has 1 unspecified atom stereocenters. The van der Waals surface area contributed by atoms with Gasteiger partial charge in [0.2, 0.25) is 0 Å². The van der Waals surface area contributed by atoms with Crippen molar-refractivity contribution in [3.05, 3.63) is 34.9 Å². The van der Waals surface area contributed by atoms with E-state index in [9.17, 15) is 5.11 Å². The van der Waals surface area contributed by atoms with Gasteiger partial charge in [0.15, 0.2) is 0 Å². The van der Waals surface area contributed by atoms with Gasteiger partial charge < -0.3 is 10.0 Å². The molecule has 2 rings (SSSR count). The minimum atomic E-state index is -0.157. The molecule has 0 aromatic heterocycles. The van der Waals surface area contributed by atoms with E-state index in [2.05, 4.69) is 30.9 Å². The molecule has 0 radical (unpaired) electrons. The highest BCUT2D eigenvalue weighted by Crippen LogP contribution is 2.37. The number of aliphatic hydroxyl groups excluding tert-OH is 1. The monoisotopic (exact) mass is 345 g/mol. The van der Waals surface area contributed by atoms with Gasteiger partial charge in [-0.1, -0.05) is 50.4 Å². The van der Waals surface area contributed by atoms with Crippen molar-refractivity contribution in [1.82, 2.24) is 4.90 Å². The second-order valence-electron chi connectivity index (χ2n) is 6.16. The van der Waals surface area contributed by atoms with Crippen molar-refractivity contribution in [3.8, 4) is 0 Å². The molecule has 126 valence electrons. The van der Waals surface area contributed by atoms with Crippen LogP contribution in [0.3, 0.4) is 0 Å². The molecule has 22 heavy (non-hydrogen) atoms. The summed E-state index contributed by atoms with van der Waals surface area (Å²) in [5.74, 6) is 0.776. The summed E-state index contributed by atoms with van der Waals surface area (Å²) in [6.45, 7) is 7.56. The molecule has 0 bridgehead atoms. The molecule has 1 N–H and O–H groups in total. The van der Waals surface area contributed by atoms with Crippen LogP contribution in [-0.4, -0.2) is 35.7 Å². The molecule has 1 aromatic carbocycles. The molecular formula is C18H29Cl2NO. The molecule has 2 nitrogen and oxygen atoms in total. The highest BCUT2D eigenvalue weighted by molar-refractivity contribution is 6.30. The van der Waals surface area contributed by atoms with E-state index < -0.39 is 0 Å². The lowest BCUT2D eigenvalue weighted by Crippen LogP contribution is -2.37. The van der Waals surface area contributed by atoms with E-state index >= 15 is 0 Å². The summed E-state index contributed by atoms with van der Waals surface area (Å²) in [7, 11) is 0. The van der Waals surface area contributed by atoms with Gasteiger partial charge in [-0.2, -0.15) is 0 Å². The Kier molecular flexibility index (Phi) is 8.78. The zero-order valence-electron chi connectivity index (χ0n) is 13.7. The summed E-state index contributed by atoms with van der Waals surface area (Å²) < 4.78 is 0. The van der Waals surface area contributed by atoms with Gasteiger partial charge in [0, 0.05) is 17.5 Å². The number of aliphatic hydroxyl groups is 1. The Hall–Kier alpha value is -0.280. The molecule has 1 aliphatic carbocycles. The van der Waals surface area contributed by atoms with E-state index in [0.29, 0.717) is 11.8 Å². The Morgan fingerprint density at radius 3 is 2.27 bits per heavy atom. The van der Waals surface area contributed by atoms with Crippen molar-refractivity contribution in [2.75, 3.05) is 19.6 Å². The van der Waals surface area contributed by atoms with E-state index in [1.54, 1.807) is 0 Å². The summed E-state index contributed by atoms with van der Waals surface area (Å²) in [5, 5.41) is 11.3. The maximum Gasteiger partial charge on any atom is 0.0574 e. The lowest BCUT2D eigenvalue weighted by atomic mass is 9.74. The maximum absolute atomic E-state index is 10.5. The normalized spacial score (nSPS) is 23.1. The first-order valence-corrected chi connectivity index (χ1v) is 8.69. The molecule has 0 aliphatic heterocycles. The summed E-state index contributed by atoms with van der Waals surface area (Å²) in [6.07, 6.45) is 4.33. The number of likely N-dealkylation sites (N-methyl/N-ethyl adjacent to an activating group) is 1. The predicted molar refractivity (Wildman–Crippen MR) is 97.2 cm³/mol. The highest BCUT2D eigenvalue weighted by Gasteiger charge is 2.32. The van der Waals surface area contributed by atoms with Gasteiger partial charge >= 0.3 is 0 Å². The third kappa shape index (κ3) is 5.13. The van der Waals surface area contributed by atoms with E-state index in [1.807, 2.05) is 12.1 Å². The first kappa shape index (κ1) is 19.8. The number of halogens is 2. The van der Waals surface area contributed by atoms with Crippen LogP contribution in [0.1, 0.15) is 51.0 Å². The van der Waals surface area contributed by atoms with Crippen LogP contribution in [0.4, 0.5) is 0 Å². The van der Waals surface area contributed by atoms with Crippen molar-refractivity contribution in [1.29, 1.82) is 0 Å². The Bertz CT molecular complexity index is 420. The van der Waals surface area contributed by atoms with Crippen LogP contribution in [-0.2, 0) is 0 Å². The molecule has 1 aromatic rings. The molecule has 0 heterocycles. The third-order valence-electron chi connectivity index (χ3n) is 4.95. The smallest absolute Gasteiger partial charge is 0.0574 e. The Morgan fingerprint density at radius 2 is 1.73 bits per heavy atom. The molecule has 1 saturated carbocycles. The van der Waals surface area contributed by atoms with Crippen LogP contribution in [0, 0.1) is 5.92 Å². The van der Waals surface area contributed by atoms with Crippen LogP contribution in [0.2, 0.25) is 5.02 Å². The first-order valence-electron chi connectivity index (χ1n) is 8.31.